The van der Waals surface area contributed by atoms with E-state index in [2.05, 4.69) is 23.7 Å². The molecule has 0 atom stereocenters. The monoisotopic (exact) mass is 154 g/mol. The smallest absolute Gasteiger partial charge is 0.230 e. The zero-order valence-corrected chi connectivity index (χ0v) is 6.84. The SMILES string of the molecule is C=CN/N=C(\C=C)OCCC. The van der Waals surface area contributed by atoms with Crippen molar-refractivity contribution in [1.29, 1.82) is 0 Å². The molecule has 3 nitrogen and oxygen atoms in total. The first-order valence-corrected chi connectivity index (χ1v) is 3.54. The second kappa shape index (κ2) is 6.86. The van der Waals surface area contributed by atoms with Gasteiger partial charge < -0.3 is 4.74 Å². The van der Waals surface area contributed by atoms with Gasteiger partial charge in [-0.3, -0.25) is 5.43 Å². The zero-order chi connectivity index (χ0) is 8.53. The van der Waals surface area contributed by atoms with E-state index in [1.165, 1.54) is 6.20 Å². The van der Waals surface area contributed by atoms with Crippen molar-refractivity contribution >= 4 is 5.90 Å². The highest BCUT2D eigenvalue weighted by Gasteiger charge is 1.90. The van der Waals surface area contributed by atoms with Gasteiger partial charge in [0.15, 0.2) is 0 Å². The topological polar surface area (TPSA) is 33.6 Å². The number of nitrogens with one attached hydrogen (secondary N) is 1. The lowest BCUT2D eigenvalue weighted by Gasteiger charge is -2.02. The quantitative estimate of drug-likeness (QED) is 0.371. The number of rotatable bonds is 5. The summed E-state index contributed by atoms with van der Waals surface area (Å²) in [5, 5.41) is 3.81. The van der Waals surface area contributed by atoms with Crippen LogP contribution in [0.2, 0.25) is 0 Å². The van der Waals surface area contributed by atoms with Gasteiger partial charge in [-0.25, -0.2) is 0 Å². The molecule has 3 heteroatoms. The summed E-state index contributed by atoms with van der Waals surface area (Å²) in [6.07, 6.45) is 3.98. The van der Waals surface area contributed by atoms with Gasteiger partial charge in [-0.2, -0.15) is 0 Å². The second-order valence-electron chi connectivity index (χ2n) is 1.84. The third-order valence-corrected chi connectivity index (χ3v) is 0.895. The van der Waals surface area contributed by atoms with E-state index in [0.717, 1.165) is 6.42 Å². The fourth-order valence-electron chi connectivity index (χ4n) is 0.453. The van der Waals surface area contributed by atoms with Gasteiger partial charge in [0.25, 0.3) is 0 Å². The lowest BCUT2D eigenvalue weighted by molar-refractivity contribution is 0.305. The minimum Gasteiger partial charge on any atom is -0.477 e. The third kappa shape index (κ3) is 5.21. The predicted octanol–water partition coefficient (Wildman–Crippen LogP) is 1.65. The Morgan fingerprint density at radius 2 is 2.36 bits per heavy atom. The molecule has 0 heterocycles. The third-order valence-electron chi connectivity index (χ3n) is 0.895. The van der Waals surface area contributed by atoms with Crippen LogP contribution in [0.4, 0.5) is 0 Å². The van der Waals surface area contributed by atoms with Crippen LogP contribution >= 0.6 is 0 Å². The maximum absolute atomic E-state index is 5.16. The molecular weight excluding hydrogens is 140 g/mol. The van der Waals surface area contributed by atoms with Crippen molar-refractivity contribution in [3.63, 3.8) is 0 Å². The van der Waals surface area contributed by atoms with Gasteiger partial charge in [0.2, 0.25) is 5.90 Å². The lowest BCUT2D eigenvalue weighted by Crippen LogP contribution is -2.06. The van der Waals surface area contributed by atoms with Crippen molar-refractivity contribution in [1.82, 2.24) is 5.43 Å². The van der Waals surface area contributed by atoms with Crippen LogP contribution in [-0.4, -0.2) is 12.5 Å². The largest absolute Gasteiger partial charge is 0.477 e. The highest BCUT2D eigenvalue weighted by Crippen LogP contribution is 1.85. The fraction of sp³-hybridized carbons (Fsp3) is 0.375. The zero-order valence-electron chi connectivity index (χ0n) is 6.84. The van der Waals surface area contributed by atoms with Crippen LogP contribution in [0, 0.1) is 0 Å². The van der Waals surface area contributed by atoms with Crippen LogP contribution in [-0.2, 0) is 4.74 Å². The molecular formula is C8H14N2O. The van der Waals surface area contributed by atoms with Gasteiger partial charge in [-0.05, 0) is 12.5 Å². The highest BCUT2D eigenvalue weighted by atomic mass is 16.5. The molecule has 0 saturated heterocycles. The average Bonchev–Trinajstić information content (AvgIpc) is 2.05. The van der Waals surface area contributed by atoms with Crippen molar-refractivity contribution in [3.05, 3.63) is 25.4 Å². The fourth-order valence-corrected chi connectivity index (χ4v) is 0.453. The Balaban J connectivity index is 3.72. The van der Waals surface area contributed by atoms with Crippen LogP contribution in [0.3, 0.4) is 0 Å². The number of hydrogen-bond donors (Lipinski definition) is 1. The van der Waals surface area contributed by atoms with Crippen LogP contribution in [0.5, 0.6) is 0 Å². The minimum absolute atomic E-state index is 0.492. The summed E-state index contributed by atoms with van der Waals surface area (Å²) in [6.45, 7) is 9.66. The standard InChI is InChI=1S/C8H14N2O/c1-4-7-11-8(5-2)10-9-6-3/h5-6,9H,2-4,7H2,1H3/b10-8+. The van der Waals surface area contributed by atoms with E-state index >= 15 is 0 Å². The van der Waals surface area contributed by atoms with Crippen molar-refractivity contribution in [2.24, 2.45) is 5.10 Å². The predicted molar refractivity (Wildman–Crippen MR) is 47.2 cm³/mol. The molecule has 0 amide bonds. The summed E-state index contributed by atoms with van der Waals surface area (Å²) >= 11 is 0. The summed E-state index contributed by atoms with van der Waals surface area (Å²) in [4.78, 5) is 0. The summed E-state index contributed by atoms with van der Waals surface area (Å²) in [7, 11) is 0. The Kier molecular flexibility index (Phi) is 6.08. The van der Waals surface area contributed by atoms with E-state index in [4.69, 9.17) is 4.74 Å². The molecule has 11 heavy (non-hydrogen) atoms. The first-order chi connectivity index (χ1) is 5.35. The normalized spacial score (nSPS) is 10.5. The van der Waals surface area contributed by atoms with Crippen molar-refractivity contribution in [3.8, 4) is 0 Å². The maximum Gasteiger partial charge on any atom is 0.230 e. The van der Waals surface area contributed by atoms with Gasteiger partial charge in [0.1, 0.15) is 0 Å². The molecule has 0 aliphatic heterocycles. The molecule has 0 radical (unpaired) electrons. The van der Waals surface area contributed by atoms with Crippen LogP contribution in [0.15, 0.2) is 30.5 Å². The van der Waals surface area contributed by atoms with Crippen molar-refractivity contribution in [2.75, 3.05) is 6.61 Å². The summed E-state index contributed by atoms with van der Waals surface area (Å²) in [6, 6.07) is 0. The number of hydrazone groups is 1. The first kappa shape index (κ1) is 9.75. The molecule has 0 bridgehead atoms. The van der Waals surface area contributed by atoms with E-state index in [-0.39, 0.29) is 0 Å². The Labute approximate surface area is 67.4 Å². The number of nitrogens with zero attached hydrogens (tertiary/aromatic N) is 1. The van der Waals surface area contributed by atoms with Crippen LogP contribution < -0.4 is 5.43 Å². The average molecular weight is 154 g/mol. The highest BCUT2D eigenvalue weighted by molar-refractivity contribution is 5.86. The maximum atomic E-state index is 5.16. The summed E-state index contributed by atoms with van der Waals surface area (Å²) in [5.74, 6) is 0.492. The molecule has 0 spiro atoms. The molecule has 0 rings (SSSR count). The Morgan fingerprint density at radius 3 is 2.82 bits per heavy atom. The van der Waals surface area contributed by atoms with Crippen molar-refractivity contribution < 1.29 is 4.74 Å². The molecule has 1 N–H and O–H groups in total. The Hall–Kier alpha value is -1.25. The Bertz CT molecular complexity index is 152. The number of ether oxygens (including phenoxy) is 1. The Morgan fingerprint density at radius 1 is 1.64 bits per heavy atom. The van der Waals surface area contributed by atoms with Gasteiger partial charge in [0, 0.05) is 6.20 Å². The minimum atomic E-state index is 0.492. The van der Waals surface area contributed by atoms with E-state index in [1.54, 1.807) is 6.08 Å². The summed E-state index contributed by atoms with van der Waals surface area (Å²) < 4.78 is 5.16. The van der Waals surface area contributed by atoms with Crippen molar-refractivity contribution in [2.45, 2.75) is 13.3 Å². The molecule has 0 unspecified atom stereocenters. The lowest BCUT2D eigenvalue weighted by atomic mass is 10.5. The van der Waals surface area contributed by atoms with E-state index < -0.39 is 0 Å². The molecule has 62 valence electrons. The van der Waals surface area contributed by atoms with Gasteiger partial charge in [0.05, 0.1) is 6.61 Å². The molecule has 0 aromatic carbocycles. The molecule has 0 aliphatic rings. The molecule has 0 aromatic heterocycles. The van der Waals surface area contributed by atoms with Gasteiger partial charge in [-0.1, -0.05) is 20.1 Å². The number of hydrogen-bond acceptors (Lipinski definition) is 3. The van der Waals surface area contributed by atoms with Crippen LogP contribution in [0.1, 0.15) is 13.3 Å². The van der Waals surface area contributed by atoms with Gasteiger partial charge >= 0.3 is 0 Å². The second-order valence-corrected chi connectivity index (χ2v) is 1.84. The molecule has 0 aliphatic carbocycles. The van der Waals surface area contributed by atoms with E-state index in [0.29, 0.717) is 12.5 Å². The van der Waals surface area contributed by atoms with Gasteiger partial charge in [-0.15, -0.1) is 5.10 Å². The molecule has 0 saturated carbocycles. The van der Waals surface area contributed by atoms with E-state index in [9.17, 15) is 0 Å². The van der Waals surface area contributed by atoms with E-state index in [1.807, 2.05) is 6.92 Å². The summed E-state index contributed by atoms with van der Waals surface area (Å²) in [5.41, 5.74) is 2.56. The molecule has 0 aromatic rings. The first-order valence-electron chi connectivity index (χ1n) is 3.54. The van der Waals surface area contributed by atoms with Crippen LogP contribution in [0.25, 0.3) is 0 Å². The molecule has 0 fully saturated rings.